The van der Waals surface area contributed by atoms with Crippen LogP contribution in [-0.4, -0.2) is 23.0 Å². The van der Waals surface area contributed by atoms with Crippen LogP contribution in [0.5, 0.6) is 0 Å². The molecule has 2 unspecified atom stereocenters. The summed E-state index contributed by atoms with van der Waals surface area (Å²) >= 11 is 6.04. The van der Waals surface area contributed by atoms with Crippen LogP contribution in [0.3, 0.4) is 0 Å². The molecule has 2 aliphatic carbocycles. The van der Waals surface area contributed by atoms with Gasteiger partial charge in [0.1, 0.15) is 5.82 Å². The van der Waals surface area contributed by atoms with Gasteiger partial charge in [0.15, 0.2) is 0 Å². The fourth-order valence-electron chi connectivity index (χ4n) is 3.46. The van der Waals surface area contributed by atoms with E-state index in [0.29, 0.717) is 42.7 Å². The number of carboxylic acids is 1. The van der Waals surface area contributed by atoms with Crippen molar-refractivity contribution in [3.63, 3.8) is 0 Å². The van der Waals surface area contributed by atoms with Crippen LogP contribution in [0.15, 0.2) is 18.2 Å². The zero-order valence-electron chi connectivity index (χ0n) is 12.6. The van der Waals surface area contributed by atoms with Crippen LogP contribution >= 0.6 is 11.6 Å². The molecule has 0 bridgehead atoms. The summed E-state index contributed by atoms with van der Waals surface area (Å²) in [6, 6.07) is 4.58. The first-order valence-electron chi connectivity index (χ1n) is 7.94. The standard InChI is InChI=1S/C17H19ClFNO3/c18-13-2-1-3-14(19)15(13)11-8-12(11)16(21)20-10-6-4-9(5-7-10)17(22)23/h1-3,9-12H,4-8H2,(H,20,21)(H,22,23). The second-order valence-electron chi connectivity index (χ2n) is 6.48. The summed E-state index contributed by atoms with van der Waals surface area (Å²) in [5.41, 5.74) is 0.434. The first-order valence-corrected chi connectivity index (χ1v) is 8.32. The quantitative estimate of drug-likeness (QED) is 0.884. The van der Waals surface area contributed by atoms with E-state index in [-0.39, 0.29) is 35.5 Å². The summed E-state index contributed by atoms with van der Waals surface area (Å²) in [6.07, 6.45) is 3.15. The van der Waals surface area contributed by atoms with Crippen LogP contribution in [0.2, 0.25) is 5.02 Å². The number of benzene rings is 1. The van der Waals surface area contributed by atoms with Crippen molar-refractivity contribution >= 4 is 23.5 Å². The minimum atomic E-state index is -0.758. The van der Waals surface area contributed by atoms with Crippen molar-refractivity contribution in [1.29, 1.82) is 0 Å². The number of hydrogen-bond acceptors (Lipinski definition) is 2. The van der Waals surface area contributed by atoms with Crippen molar-refractivity contribution in [1.82, 2.24) is 5.32 Å². The van der Waals surface area contributed by atoms with E-state index in [4.69, 9.17) is 16.7 Å². The van der Waals surface area contributed by atoms with Crippen molar-refractivity contribution in [2.45, 2.75) is 44.1 Å². The summed E-state index contributed by atoms with van der Waals surface area (Å²) in [4.78, 5) is 23.2. The van der Waals surface area contributed by atoms with Gasteiger partial charge in [0, 0.05) is 28.5 Å². The van der Waals surface area contributed by atoms with E-state index in [0.717, 1.165) is 0 Å². The largest absolute Gasteiger partial charge is 0.481 e. The molecule has 1 aromatic rings. The molecule has 2 fully saturated rings. The summed E-state index contributed by atoms with van der Waals surface area (Å²) in [5, 5.41) is 12.3. The zero-order chi connectivity index (χ0) is 16.6. The smallest absolute Gasteiger partial charge is 0.306 e. The Morgan fingerprint density at radius 3 is 2.52 bits per heavy atom. The van der Waals surface area contributed by atoms with Crippen LogP contribution < -0.4 is 5.32 Å². The lowest BCUT2D eigenvalue weighted by Gasteiger charge is -2.26. The highest BCUT2D eigenvalue weighted by atomic mass is 35.5. The molecule has 6 heteroatoms. The zero-order valence-corrected chi connectivity index (χ0v) is 13.4. The highest BCUT2D eigenvalue weighted by molar-refractivity contribution is 6.31. The number of carbonyl (C=O) groups is 2. The molecule has 2 atom stereocenters. The molecule has 3 rings (SSSR count). The number of carbonyl (C=O) groups excluding carboxylic acids is 1. The average molecular weight is 340 g/mol. The number of amides is 1. The number of halogens is 2. The molecule has 2 saturated carbocycles. The minimum absolute atomic E-state index is 0.0236. The molecule has 0 saturated heterocycles. The Balaban J connectivity index is 1.54. The normalized spacial score (nSPS) is 29.8. The third-order valence-electron chi connectivity index (χ3n) is 4.92. The minimum Gasteiger partial charge on any atom is -0.481 e. The summed E-state index contributed by atoms with van der Waals surface area (Å²) in [7, 11) is 0. The fourth-order valence-corrected chi connectivity index (χ4v) is 3.76. The second kappa shape index (κ2) is 6.48. The molecule has 2 aliphatic rings. The number of aliphatic carboxylic acids is 1. The maximum Gasteiger partial charge on any atom is 0.306 e. The van der Waals surface area contributed by atoms with E-state index < -0.39 is 5.97 Å². The molecule has 0 radical (unpaired) electrons. The van der Waals surface area contributed by atoms with E-state index in [1.54, 1.807) is 12.1 Å². The number of carboxylic acid groups (broad SMARTS) is 1. The number of rotatable bonds is 4. The summed E-state index contributed by atoms with van der Waals surface area (Å²) < 4.78 is 13.9. The van der Waals surface area contributed by atoms with Gasteiger partial charge in [-0.2, -0.15) is 0 Å². The molecule has 1 aromatic carbocycles. The van der Waals surface area contributed by atoms with Crippen LogP contribution in [-0.2, 0) is 9.59 Å². The van der Waals surface area contributed by atoms with Crippen molar-refractivity contribution in [3.05, 3.63) is 34.6 Å². The lowest BCUT2D eigenvalue weighted by molar-refractivity contribution is -0.142. The van der Waals surface area contributed by atoms with Crippen LogP contribution in [0.1, 0.15) is 43.6 Å². The van der Waals surface area contributed by atoms with Gasteiger partial charge in [-0.25, -0.2) is 4.39 Å². The number of nitrogens with one attached hydrogen (secondary N) is 1. The molecule has 124 valence electrons. The van der Waals surface area contributed by atoms with Gasteiger partial charge in [-0.1, -0.05) is 17.7 Å². The molecule has 0 heterocycles. The molecule has 0 aromatic heterocycles. The topological polar surface area (TPSA) is 66.4 Å². The van der Waals surface area contributed by atoms with Crippen LogP contribution in [0.25, 0.3) is 0 Å². The summed E-state index contributed by atoms with van der Waals surface area (Å²) in [6.45, 7) is 0. The van der Waals surface area contributed by atoms with Gasteiger partial charge in [0.25, 0.3) is 0 Å². The monoisotopic (exact) mass is 339 g/mol. The van der Waals surface area contributed by atoms with E-state index in [9.17, 15) is 14.0 Å². The van der Waals surface area contributed by atoms with Gasteiger partial charge >= 0.3 is 5.97 Å². The molecule has 4 nitrogen and oxygen atoms in total. The maximum absolute atomic E-state index is 13.9. The maximum atomic E-state index is 13.9. The summed E-state index contributed by atoms with van der Waals surface area (Å²) in [5.74, 6) is -1.88. The molecule has 0 aliphatic heterocycles. The first kappa shape index (κ1) is 16.2. The van der Waals surface area contributed by atoms with Gasteiger partial charge in [-0.3, -0.25) is 9.59 Å². The van der Waals surface area contributed by atoms with Crippen LogP contribution in [0.4, 0.5) is 4.39 Å². The molecule has 0 spiro atoms. The third kappa shape index (κ3) is 3.50. The fraction of sp³-hybridized carbons (Fsp3) is 0.529. The highest BCUT2D eigenvalue weighted by Crippen LogP contribution is 2.50. The van der Waals surface area contributed by atoms with Crippen LogP contribution in [0, 0.1) is 17.7 Å². The molecule has 23 heavy (non-hydrogen) atoms. The van der Waals surface area contributed by atoms with E-state index in [1.807, 2.05) is 0 Å². The predicted octanol–water partition coefficient (Wildman–Crippen LogP) is 3.34. The third-order valence-corrected chi connectivity index (χ3v) is 5.25. The first-order chi connectivity index (χ1) is 11.0. The van der Waals surface area contributed by atoms with Gasteiger partial charge in [-0.15, -0.1) is 0 Å². The van der Waals surface area contributed by atoms with E-state index in [1.165, 1.54) is 6.07 Å². The van der Waals surface area contributed by atoms with Crippen molar-refractivity contribution in [3.8, 4) is 0 Å². The molecule has 2 N–H and O–H groups in total. The number of hydrogen-bond donors (Lipinski definition) is 2. The Kier molecular flexibility index (Phi) is 4.57. The molecular formula is C17H19ClFNO3. The van der Waals surface area contributed by atoms with Crippen molar-refractivity contribution in [2.75, 3.05) is 0 Å². The Labute approximate surface area is 139 Å². The second-order valence-corrected chi connectivity index (χ2v) is 6.89. The molecular weight excluding hydrogens is 321 g/mol. The Bertz CT molecular complexity index is 608. The molecule has 1 amide bonds. The van der Waals surface area contributed by atoms with Gasteiger partial charge < -0.3 is 10.4 Å². The SMILES string of the molecule is O=C(O)C1CCC(NC(=O)C2CC2c2c(F)cccc2Cl)CC1. The van der Waals surface area contributed by atoms with E-state index in [2.05, 4.69) is 5.32 Å². The van der Waals surface area contributed by atoms with Crippen molar-refractivity contribution < 1.29 is 19.1 Å². The van der Waals surface area contributed by atoms with Crippen molar-refractivity contribution in [2.24, 2.45) is 11.8 Å². The highest BCUT2D eigenvalue weighted by Gasteiger charge is 2.46. The van der Waals surface area contributed by atoms with Gasteiger partial charge in [0.05, 0.1) is 5.92 Å². The Hall–Kier alpha value is -1.62. The lowest BCUT2D eigenvalue weighted by Crippen LogP contribution is -2.39. The lowest BCUT2D eigenvalue weighted by atomic mass is 9.86. The Morgan fingerprint density at radius 2 is 1.91 bits per heavy atom. The van der Waals surface area contributed by atoms with Gasteiger partial charge in [0.2, 0.25) is 5.91 Å². The van der Waals surface area contributed by atoms with E-state index >= 15 is 0 Å². The average Bonchev–Trinajstić information content (AvgIpc) is 3.28. The predicted molar refractivity (Wildman–Crippen MR) is 83.8 cm³/mol. The Morgan fingerprint density at radius 1 is 1.22 bits per heavy atom. The van der Waals surface area contributed by atoms with Gasteiger partial charge in [-0.05, 0) is 44.2 Å².